The molecule has 7 nitrogen and oxygen atoms in total. The van der Waals surface area contributed by atoms with E-state index in [0.29, 0.717) is 22.8 Å². The smallest absolute Gasteiger partial charge is 0.317 e. The summed E-state index contributed by atoms with van der Waals surface area (Å²) >= 11 is 1.52. The number of aromatic nitrogens is 5. The van der Waals surface area contributed by atoms with E-state index in [9.17, 15) is 9.18 Å². The van der Waals surface area contributed by atoms with Crippen LogP contribution in [0, 0.1) is 5.82 Å². The summed E-state index contributed by atoms with van der Waals surface area (Å²) in [6, 6.07) is 4.57. The van der Waals surface area contributed by atoms with E-state index in [1.165, 1.54) is 34.8 Å². The van der Waals surface area contributed by atoms with Crippen LogP contribution in [0.4, 0.5) is 4.39 Å². The third-order valence-electron chi connectivity index (χ3n) is 3.19. The van der Waals surface area contributed by atoms with Crippen molar-refractivity contribution >= 4 is 11.8 Å². The number of rotatable bonds is 6. The molecule has 0 unspecified atom stereocenters. The summed E-state index contributed by atoms with van der Waals surface area (Å²) in [7, 11) is 0. The van der Waals surface area contributed by atoms with Crippen molar-refractivity contribution in [1.82, 2.24) is 24.7 Å². The molecule has 0 spiro atoms. The highest BCUT2D eigenvalue weighted by Gasteiger charge is 2.07. The molecule has 9 heteroatoms. The molecule has 3 rings (SSSR count). The van der Waals surface area contributed by atoms with Crippen LogP contribution in [0.5, 0.6) is 6.01 Å². The van der Waals surface area contributed by atoms with Crippen molar-refractivity contribution in [3.05, 3.63) is 64.7 Å². The predicted molar refractivity (Wildman–Crippen MR) is 91.8 cm³/mol. The molecule has 0 aromatic carbocycles. The van der Waals surface area contributed by atoms with Gasteiger partial charge in [-0.3, -0.25) is 9.78 Å². The van der Waals surface area contributed by atoms with Gasteiger partial charge in [-0.15, -0.1) is 11.8 Å². The fourth-order valence-corrected chi connectivity index (χ4v) is 2.29. The number of halogens is 1. The Balaban J connectivity index is 1.84. The minimum Gasteiger partial charge on any atom is -0.452 e. The number of hydrogen-bond acceptors (Lipinski definition) is 7. The lowest BCUT2D eigenvalue weighted by Crippen LogP contribution is -2.23. The lowest BCUT2D eigenvalue weighted by molar-refractivity contribution is 0.360. The molecule has 25 heavy (non-hydrogen) atoms. The topological polar surface area (TPSA) is 82.8 Å². The zero-order valence-electron chi connectivity index (χ0n) is 13.3. The van der Waals surface area contributed by atoms with Crippen LogP contribution in [0.2, 0.25) is 0 Å². The molecule has 0 atom stereocenters. The largest absolute Gasteiger partial charge is 0.452 e. The lowest BCUT2D eigenvalue weighted by Gasteiger charge is -2.07. The molecule has 3 aromatic rings. The van der Waals surface area contributed by atoms with Crippen LogP contribution in [0.1, 0.15) is 5.56 Å². The van der Waals surface area contributed by atoms with Gasteiger partial charge in [0.1, 0.15) is 11.8 Å². The average molecular weight is 359 g/mol. The van der Waals surface area contributed by atoms with Gasteiger partial charge >= 0.3 is 6.01 Å². The molecule has 0 bridgehead atoms. The highest BCUT2D eigenvalue weighted by atomic mass is 32.2. The Morgan fingerprint density at radius 3 is 2.72 bits per heavy atom. The van der Waals surface area contributed by atoms with Gasteiger partial charge < -0.3 is 4.74 Å². The minimum atomic E-state index is -0.462. The minimum absolute atomic E-state index is 0.118. The molecule has 0 aliphatic heterocycles. The average Bonchev–Trinajstić information content (AvgIpc) is 2.62. The first-order valence-electron chi connectivity index (χ1n) is 7.27. The number of hydrogen-bond donors (Lipinski definition) is 0. The fraction of sp³-hybridized carbons (Fsp3) is 0.188. The maximum Gasteiger partial charge on any atom is 0.317 e. The molecule has 0 N–H and O–H groups in total. The van der Waals surface area contributed by atoms with Crippen LogP contribution in [0.25, 0.3) is 11.3 Å². The summed E-state index contributed by atoms with van der Waals surface area (Å²) in [6.45, 7) is 0.118. The van der Waals surface area contributed by atoms with Crippen molar-refractivity contribution in [2.45, 2.75) is 6.54 Å². The molecule has 0 amide bonds. The summed E-state index contributed by atoms with van der Waals surface area (Å²) in [4.78, 5) is 24.0. The van der Waals surface area contributed by atoms with Crippen LogP contribution in [0.15, 0.2) is 47.8 Å². The van der Waals surface area contributed by atoms with Crippen molar-refractivity contribution in [2.75, 3.05) is 12.2 Å². The number of nitrogens with zero attached hydrogens (tertiary/aromatic N) is 5. The molecule has 0 saturated heterocycles. The zero-order chi connectivity index (χ0) is 17.6. The Kier molecular flexibility index (Phi) is 5.34. The first kappa shape index (κ1) is 17.0. The zero-order valence-corrected chi connectivity index (χ0v) is 14.1. The monoisotopic (exact) mass is 359 g/mol. The number of ether oxygens (including phenoxy) is 1. The predicted octanol–water partition coefficient (Wildman–Crippen LogP) is 1.98. The van der Waals surface area contributed by atoms with Crippen molar-refractivity contribution in [3.8, 4) is 17.3 Å². The van der Waals surface area contributed by atoms with Gasteiger partial charge in [0.2, 0.25) is 0 Å². The van der Waals surface area contributed by atoms with Crippen LogP contribution >= 0.6 is 11.8 Å². The maximum absolute atomic E-state index is 13.2. The Labute approximate surface area is 146 Å². The van der Waals surface area contributed by atoms with Gasteiger partial charge in [0, 0.05) is 30.2 Å². The van der Waals surface area contributed by atoms with E-state index < -0.39 is 5.82 Å². The van der Waals surface area contributed by atoms with Crippen molar-refractivity contribution in [1.29, 1.82) is 0 Å². The molecule has 3 heterocycles. The Hall–Kier alpha value is -2.81. The fourth-order valence-electron chi connectivity index (χ4n) is 2.07. The molecule has 0 aliphatic carbocycles. The summed E-state index contributed by atoms with van der Waals surface area (Å²) in [5, 5.41) is 4.29. The van der Waals surface area contributed by atoms with E-state index in [2.05, 4.69) is 20.1 Å². The molecule has 0 radical (unpaired) electrons. The molecular weight excluding hydrogens is 345 g/mol. The SMILES string of the molecule is CSCOc1ncc(-c2ccc(=O)n(Cc3cncc(F)c3)n2)cn1. The van der Waals surface area contributed by atoms with Gasteiger partial charge in [-0.1, -0.05) is 0 Å². The summed E-state index contributed by atoms with van der Waals surface area (Å²) in [5.41, 5.74) is 1.42. The third kappa shape index (κ3) is 4.38. The normalized spacial score (nSPS) is 10.6. The quantitative estimate of drug-likeness (QED) is 0.622. The van der Waals surface area contributed by atoms with Gasteiger partial charge in [-0.25, -0.2) is 19.0 Å². The maximum atomic E-state index is 13.2. The Morgan fingerprint density at radius 2 is 2.00 bits per heavy atom. The first-order valence-corrected chi connectivity index (χ1v) is 8.67. The third-order valence-corrected chi connectivity index (χ3v) is 3.54. The van der Waals surface area contributed by atoms with Gasteiger partial charge in [0.15, 0.2) is 0 Å². The highest BCUT2D eigenvalue weighted by Crippen LogP contribution is 2.15. The first-order chi connectivity index (χ1) is 12.2. The van der Waals surface area contributed by atoms with Gasteiger partial charge in [-0.2, -0.15) is 5.10 Å². The van der Waals surface area contributed by atoms with E-state index in [1.54, 1.807) is 18.5 Å². The summed E-state index contributed by atoms with van der Waals surface area (Å²) in [6.07, 6.45) is 7.65. The second-order valence-corrected chi connectivity index (χ2v) is 5.84. The number of thioether (sulfide) groups is 1. The van der Waals surface area contributed by atoms with Crippen molar-refractivity contribution in [2.24, 2.45) is 0 Å². The van der Waals surface area contributed by atoms with E-state index in [-0.39, 0.29) is 18.1 Å². The second kappa shape index (κ2) is 7.84. The van der Waals surface area contributed by atoms with E-state index in [0.717, 1.165) is 6.20 Å². The van der Waals surface area contributed by atoms with E-state index in [4.69, 9.17) is 4.74 Å². The molecular formula is C16H14FN5O2S. The molecule has 0 aliphatic rings. The summed E-state index contributed by atoms with van der Waals surface area (Å²) < 4.78 is 19.8. The molecule has 3 aromatic heterocycles. The van der Waals surface area contributed by atoms with Crippen LogP contribution in [0.3, 0.4) is 0 Å². The van der Waals surface area contributed by atoms with Gasteiger partial charge in [-0.05, 0) is 24.0 Å². The Bertz CT molecular complexity index is 917. The van der Waals surface area contributed by atoms with E-state index >= 15 is 0 Å². The van der Waals surface area contributed by atoms with Gasteiger partial charge in [0.05, 0.1) is 18.4 Å². The van der Waals surface area contributed by atoms with Crippen LogP contribution < -0.4 is 10.3 Å². The Morgan fingerprint density at radius 1 is 1.20 bits per heavy atom. The van der Waals surface area contributed by atoms with Crippen LogP contribution in [-0.4, -0.2) is 36.9 Å². The molecule has 128 valence electrons. The van der Waals surface area contributed by atoms with Crippen LogP contribution in [-0.2, 0) is 6.54 Å². The highest BCUT2D eigenvalue weighted by molar-refractivity contribution is 7.98. The second-order valence-electron chi connectivity index (χ2n) is 5.03. The molecule has 0 fully saturated rings. The lowest BCUT2D eigenvalue weighted by atomic mass is 10.2. The number of pyridine rings is 1. The van der Waals surface area contributed by atoms with Crippen molar-refractivity contribution < 1.29 is 9.13 Å². The molecule has 0 saturated carbocycles. The van der Waals surface area contributed by atoms with Gasteiger partial charge in [0.25, 0.3) is 5.56 Å². The summed E-state index contributed by atoms with van der Waals surface area (Å²) in [5.74, 6) is 0.000349. The van der Waals surface area contributed by atoms with E-state index in [1.807, 2.05) is 6.26 Å². The van der Waals surface area contributed by atoms with Crippen molar-refractivity contribution in [3.63, 3.8) is 0 Å². The standard InChI is InChI=1S/C16H14FN5O2S/c1-25-10-24-16-19-6-12(7-20-16)14-2-3-15(23)22(21-14)9-11-4-13(17)8-18-5-11/h2-8H,9-10H2,1H3.